The van der Waals surface area contributed by atoms with E-state index in [0.29, 0.717) is 5.92 Å². The molecule has 0 aromatic carbocycles. The Morgan fingerprint density at radius 3 is 2.81 bits per heavy atom. The lowest BCUT2D eigenvalue weighted by Gasteiger charge is -2.10. The normalized spacial score (nSPS) is 17.8. The van der Waals surface area contributed by atoms with Gasteiger partial charge in [-0.3, -0.25) is 0 Å². The third-order valence-corrected chi connectivity index (χ3v) is 3.68. The number of rotatable bonds is 6. The second kappa shape index (κ2) is 4.67. The minimum absolute atomic E-state index is 0.129. The molecule has 1 aliphatic carbocycles. The number of hydrogen-bond donors (Lipinski definition) is 2. The Kier molecular flexibility index (Phi) is 3.44. The van der Waals surface area contributed by atoms with Gasteiger partial charge in [-0.05, 0) is 18.8 Å². The Bertz CT molecular complexity index is 347. The van der Waals surface area contributed by atoms with E-state index in [1.165, 1.54) is 11.5 Å². The molecule has 2 N–H and O–H groups in total. The van der Waals surface area contributed by atoms with E-state index in [2.05, 4.69) is 28.5 Å². The van der Waals surface area contributed by atoms with Gasteiger partial charge in [0.2, 0.25) is 5.13 Å². The fourth-order valence-corrected chi connectivity index (χ4v) is 2.19. The van der Waals surface area contributed by atoms with Gasteiger partial charge in [-0.15, -0.1) is 0 Å². The summed E-state index contributed by atoms with van der Waals surface area (Å²) < 4.78 is 4.31. The number of anilines is 1. The number of aromatic nitrogens is 2. The predicted octanol–water partition coefficient (Wildman–Crippen LogP) is 1.92. The minimum atomic E-state index is 0.129. The van der Waals surface area contributed by atoms with Crippen LogP contribution in [-0.2, 0) is 6.42 Å². The average Bonchev–Trinajstić information content (AvgIpc) is 2.90. The molecule has 0 saturated heterocycles. The topological polar surface area (TPSA) is 58.0 Å². The molecule has 1 fully saturated rings. The highest BCUT2D eigenvalue weighted by atomic mass is 32.1. The van der Waals surface area contributed by atoms with Crippen LogP contribution >= 0.6 is 11.5 Å². The first-order valence-corrected chi connectivity index (χ1v) is 6.58. The van der Waals surface area contributed by atoms with Gasteiger partial charge in [-0.1, -0.05) is 13.8 Å². The Balaban J connectivity index is 1.83. The zero-order chi connectivity index (χ0) is 11.6. The first kappa shape index (κ1) is 11.8. The van der Waals surface area contributed by atoms with Crippen LogP contribution in [0.15, 0.2) is 0 Å². The van der Waals surface area contributed by atoms with Gasteiger partial charge in [0.25, 0.3) is 0 Å². The van der Waals surface area contributed by atoms with Crippen LogP contribution in [0.25, 0.3) is 0 Å². The van der Waals surface area contributed by atoms with Crippen molar-refractivity contribution in [3.05, 3.63) is 5.82 Å². The lowest BCUT2D eigenvalue weighted by Crippen LogP contribution is -2.18. The molecule has 4 nitrogen and oxygen atoms in total. The summed E-state index contributed by atoms with van der Waals surface area (Å²) in [7, 11) is 0. The molecule has 0 radical (unpaired) electrons. The zero-order valence-corrected chi connectivity index (χ0v) is 10.7. The van der Waals surface area contributed by atoms with Crippen LogP contribution in [0.2, 0.25) is 0 Å². The summed E-state index contributed by atoms with van der Waals surface area (Å²) in [4.78, 5) is 4.43. The Morgan fingerprint density at radius 2 is 2.25 bits per heavy atom. The SMILES string of the molecule is CC(C)Cc1nsc(NCC2(CO)CC2)n1. The Hall–Kier alpha value is -0.680. The Morgan fingerprint density at radius 1 is 1.50 bits per heavy atom. The molecule has 90 valence electrons. The van der Waals surface area contributed by atoms with E-state index in [9.17, 15) is 5.11 Å². The number of aliphatic hydroxyl groups is 1. The third kappa shape index (κ3) is 2.92. The van der Waals surface area contributed by atoms with Crippen molar-refractivity contribution < 1.29 is 5.11 Å². The van der Waals surface area contributed by atoms with E-state index in [-0.39, 0.29) is 12.0 Å². The van der Waals surface area contributed by atoms with Crippen LogP contribution in [0.4, 0.5) is 5.13 Å². The summed E-state index contributed by atoms with van der Waals surface area (Å²) in [6.45, 7) is 5.43. The maximum Gasteiger partial charge on any atom is 0.202 e. The van der Waals surface area contributed by atoms with Gasteiger partial charge in [0.15, 0.2) is 0 Å². The van der Waals surface area contributed by atoms with Crippen LogP contribution in [0.3, 0.4) is 0 Å². The first-order chi connectivity index (χ1) is 7.63. The van der Waals surface area contributed by atoms with Crippen molar-refractivity contribution in [2.75, 3.05) is 18.5 Å². The standard InChI is InChI=1S/C11H19N3OS/c1-8(2)5-9-13-10(16-14-9)12-6-11(7-15)3-4-11/h8,15H,3-7H2,1-2H3,(H,12,13,14). The fourth-order valence-electron chi connectivity index (χ4n) is 1.60. The summed E-state index contributed by atoms with van der Waals surface area (Å²) in [6.07, 6.45) is 3.17. The maximum absolute atomic E-state index is 9.19. The zero-order valence-electron chi connectivity index (χ0n) is 9.86. The number of hydrogen-bond acceptors (Lipinski definition) is 5. The van der Waals surface area contributed by atoms with Crippen molar-refractivity contribution >= 4 is 16.7 Å². The minimum Gasteiger partial charge on any atom is -0.396 e. The van der Waals surface area contributed by atoms with Gasteiger partial charge in [-0.2, -0.15) is 4.37 Å². The van der Waals surface area contributed by atoms with E-state index < -0.39 is 0 Å². The second-order valence-corrected chi connectivity index (χ2v) is 5.88. The summed E-state index contributed by atoms with van der Waals surface area (Å²) in [6, 6.07) is 0. The molecule has 1 aromatic heterocycles. The van der Waals surface area contributed by atoms with E-state index >= 15 is 0 Å². The summed E-state index contributed by atoms with van der Waals surface area (Å²) in [5.41, 5.74) is 0.129. The van der Waals surface area contributed by atoms with Crippen molar-refractivity contribution in [2.45, 2.75) is 33.1 Å². The van der Waals surface area contributed by atoms with Crippen molar-refractivity contribution in [3.63, 3.8) is 0 Å². The largest absolute Gasteiger partial charge is 0.396 e. The van der Waals surface area contributed by atoms with Crippen molar-refractivity contribution in [2.24, 2.45) is 11.3 Å². The summed E-state index contributed by atoms with van der Waals surface area (Å²) >= 11 is 1.42. The van der Waals surface area contributed by atoms with Crippen LogP contribution < -0.4 is 5.32 Å². The van der Waals surface area contributed by atoms with Crippen molar-refractivity contribution in [3.8, 4) is 0 Å². The molecule has 5 heteroatoms. The summed E-state index contributed by atoms with van der Waals surface area (Å²) in [5.74, 6) is 1.52. The van der Waals surface area contributed by atoms with E-state index in [1.54, 1.807) is 0 Å². The van der Waals surface area contributed by atoms with E-state index in [4.69, 9.17) is 0 Å². The molecule has 2 rings (SSSR count). The molecule has 0 bridgehead atoms. The molecular formula is C11H19N3OS. The van der Waals surface area contributed by atoms with E-state index in [0.717, 1.165) is 36.8 Å². The monoisotopic (exact) mass is 241 g/mol. The highest BCUT2D eigenvalue weighted by molar-refractivity contribution is 7.09. The molecular weight excluding hydrogens is 222 g/mol. The lowest BCUT2D eigenvalue weighted by atomic mass is 10.1. The van der Waals surface area contributed by atoms with Gasteiger partial charge in [0.05, 0.1) is 6.61 Å². The molecule has 0 atom stereocenters. The third-order valence-electron chi connectivity index (χ3n) is 2.97. The fraction of sp³-hybridized carbons (Fsp3) is 0.818. The molecule has 16 heavy (non-hydrogen) atoms. The molecule has 0 aliphatic heterocycles. The molecule has 0 unspecified atom stereocenters. The first-order valence-electron chi connectivity index (χ1n) is 5.81. The summed E-state index contributed by atoms with van der Waals surface area (Å²) in [5, 5.41) is 13.3. The quantitative estimate of drug-likeness (QED) is 0.799. The number of nitrogens with zero attached hydrogens (tertiary/aromatic N) is 2. The van der Waals surface area contributed by atoms with Gasteiger partial charge in [0.1, 0.15) is 5.82 Å². The van der Waals surface area contributed by atoms with Crippen LogP contribution in [-0.4, -0.2) is 27.6 Å². The Labute approximate surface area is 100 Å². The molecule has 0 spiro atoms. The van der Waals surface area contributed by atoms with Gasteiger partial charge < -0.3 is 10.4 Å². The van der Waals surface area contributed by atoms with Crippen LogP contribution in [0.5, 0.6) is 0 Å². The molecule has 1 heterocycles. The number of aliphatic hydroxyl groups excluding tert-OH is 1. The van der Waals surface area contributed by atoms with Crippen LogP contribution in [0, 0.1) is 11.3 Å². The molecule has 0 amide bonds. The van der Waals surface area contributed by atoms with Crippen LogP contribution in [0.1, 0.15) is 32.5 Å². The molecule has 1 aromatic rings. The lowest BCUT2D eigenvalue weighted by molar-refractivity contribution is 0.220. The van der Waals surface area contributed by atoms with Gasteiger partial charge in [-0.25, -0.2) is 4.98 Å². The number of nitrogens with one attached hydrogen (secondary N) is 1. The smallest absolute Gasteiger partial charge is 0.202 e. The maximum atomic E-state index is 9.19. The van der Waals surface area contributed by atoms with Gasteiger partial charge in [0, 0.05) is 29.9 Å². The highest BCUT2D eigenvalue weighted by Crippen LogP contribution is 2.44. The highest BCUT2D eigenvalue weighted by Gasteiger charge is 2.41. The predicted molar refractivity (Wildman–Crippen MR) is 65.7 cm³/mol. The average molecular weight is 241 g/mol. The molecule has 1 aliphatic rings. The van der Waals surface area contributed by atoms with E-state index in [1.807, 2.05) is 0 Å². The molecule has 1 saturated carbocycles. The second-order valence-electron chi connectivity index (χ2n) is 5.13. The van der Waals surface area contributed by atoms with Crippen molar-refractivity contribution in [1.82, 2.24) is 9.36 Å². The van der Waals surface area contributed by atoms with Gasteiger partial charge >= 0.3 is 0 Å². The van der Waals surface area contributed by atoms with Crippen molar-refractivity contribution in [1.29, 1.82) is 0 Å².